The van der Waals surface area contributed by atoms with Gasteiger partial charge in [0.15, 0.2) is 0 Å². The van der Waals surface area contributed by atoms with Gasteiger partial charge in [-0.1, -0.05) is 60.7 Å². The molecule has 108 valence electrons. The van der Waals surface area contributed by atoms with Gasteiger partial charge < -0.3 is 5.11 Å². The number of aliphatic hydroxyl groups excluding tert-OH is 1. The summed E-state index contributed by atoms with van der Waals surface area (Å²) in [7, 11) is 0. The van der Waals surface area contributed by atoms with Gasteiger partial charge in [0, 0.05) is 11.3 Å². The van der Waals surface area contributed by atoms with Crippen molar-refractivity contribution in [2.75, 3.05) is 18.1 Å². The lowest BCUT2D eigenvalue weighted by Crippen LogP contribution is -2.44. The minimum atomic E-state index is -0.357. The number of carbonyl (C=O) groups excluding carboxylic acids is 1. The molecule has 0 bridgehead atoms. The van der Waals surface area contributed by atoms with Crippen LogP contribution in [0, 0.1) is 0 Å². The second-order valence-corrected chi connectivity index (χ2v) is 4.74. The zero-order valence-electron chi connectivity index (χ0n) is 11.4. The highest BCUT2D eigenvalue weighted by molar-refractivity contribution is 7.80. The average molecular weight is 300 g/mol. The second kappa shape index (κ2) is 7.52. The number of hydrogen-bond donors (Lipinski definition) is 2. The van der Waals surface area contributed by atoms with E-state index in [1.807, 2.05) is 48.5 Å². The number of nitrogens with zero attached hydrogens (tertiary/aromatic N) is 1. The number of thiocarbonyl (C=S) groups is 1. The molecule has 2 amide bonds. The van der Waals surface area contributed by atoms with Crippen LogP contribution in [0.5, 0.6) is 0 Å². The fourth-order valence-corrected chi connectivity index (χ4v) is 2.11. The van der Waals surface area contributed by atoms with Crippen molar-refractivity contribution in [3.8, 4) is 0 Å². The molecule has 0 aliphatic rings. The van der Waals surface area contributed by atoms with E-state index in [1.54, 1.807) is 12.1 Å². The smallest absolute Gasteiger partial charge is 0.327 e. The van der Waals surface area contributed by atoms with Gasteiger partial charge in [-0.25, -0.2) is 4.79 Å². The number of nitrogens with one attached hydrogen (secondary N) is 1. The van der Waals surface area contributed by atoms with Gasteiger partial charge in [0.2, 0.25) is 0 Å². The molecule has 21 heavy (non-hydrogen) atoms. The highest BCUT2D eigenvalue weighted by Gasteiger charge is 2.16. The van der Waals surface area contributed by atoms with Crippen LogP contribution in [0.15, 0.2) is 60.7 Å². The van der Waals surface area contributed by atoms with E-state index in [1.165, 1.54) is 4.90 Å². The molecule has 0 saturated heterocycles. The summed E-state index contributed by atoms with van der Waals surface area (Å²) in [5.41, 5.74) is 1.48. The lowest BCUT2D eigenvalue weighted by atomic mass is 10.2. The van der Waals surface area contributed by atoms with Crippen LogP contribution in [-0.2, 0) is 0 Å². The van der Waals surface area contributed by atoms with E-state index in [4.69, 9.17) is 17.3 Å². The Kier molecular flexibility index (Phi) is 5.43. The molecule has 5 heteroatoms. The minimum absolute atomic E-state index is 0.125. The number of aliphatic hydroxyl groups is 1. The third-order valence-corrected chi connectivity index (χ3v) is 3.23. The SMILES string of the molecule is O=C(NC(=S)c1ccccc1)N(CCO)c1ccccc1. The number of urea groups is 1. The largest absolute Gasteiger partial charge is 0.395 e. The van der Waals surface area contributed by atoms with Gasteiger partial charge in [-0.3, -0.25) is 10.2 Å². The van der Waals surface area contributed by atoms with Crippen LogP contribution in [0.3, 0.4) is 0 Å². The summed E-state index contributed by atoms with van der Waals surface area (Å²) in [6, 6.07) is 18.1. The summed E-state index contributed by atoms with van der Waals surface area (Å²) in [5.74, 6) is 0. The van der Waals surface area contributed by atoms with Gasteiger partial charge in [0.1, 0.15) is 4.99 Å². The lowest BCUT2D eigenvalue weighted by molar-refractivity contribution is 0.246. The highest BCUT2D eigenvalue weighted by Crippen LogP contribution is 2.13. The predicted molar refractivity (Wildman–Crippen MR) is 87.5 cm³/mol. The first-order valence-corrected chi connectivity index (χ1v) is 6.97. The molecule has 0 saturated carbocycles. The number of hydrogen-bond acceptors (Lipinski definition) is 3. The Labute approximate surface area is 129 Å². The molecule has 0 spiro atoms. The molecule has 2 rings (SSSR count). The van der Waals surface area contributed by atoms with E-state index < -0.39 is 0 Å². The van der Waals surface area contributed by atoms with Crippen molar-refractivity contribution in [2.45, 2.75) is 0 Å². The van der Waals surface area contributed by atoms with E-state index in [2.05, 4.69) is 5.32 Å². The number of carbonyl (C=O) groups is 1. The zero-order valence-corrected chi connectivity index (χ0v) is 12.2. The summed E-state index contributed by atoms with van der Waals surface area (Å²) >= 11 is 5.23. The molecule has 0 aliphatic carbocycles. The minimum Gasteiger partial charge on any atom is -0.395 e. The average Bonchev–Trinajstić information content (AvgIpc) is 2.54. The molecule has 2 aromatic rings. The maximum absolute atomic E-state index is 12.3. The van der Waals surface area contributed by atoms with Crippen LogP contribution in [0.4, 0.5) is 10.5 Å². The topological polar surface area (TPSA) is 52.6 Å². The molecule has 0 heterocycles. The van der Waals surface area contributed by atoms with Crippen molar-refractivity contribution >= 4 is 28.9 Å². The molecule has 0 aromatic heterocycles. The van der Waals surface area contributed by atoms with Crippen molar-refractivity contribution in [2.24, 2.45) is 0 Å². The molecule has 2 N–H and O–H groups in total. The van der Waals surface area contributed by atoms with Crippen LogP contribution in [0.25, 0.3) is 0 Å². The number of benzene rings is 2. The predicted octanol–water partition coefficient (Wildman–Crippen LogP) is 2.57. The Morgan fingerprint density at radius 3 is 2.19 bits per heavy atom. The van der Waals surface area contributed by atoms with Crippen LogP contribution < -0.4 is 10.2 Å². The summed E-state index contributed by atoms with van der Waals surface area (Å²) in [4.78, 5) is 14.1. The summed E-state index contributed by atoms with van der Waals surface area (Å²) in [6.45, 7) is 0.0770. The fraction of sp³-hybridized carbons (Fsp3) is 0.125. The van der Waals surface area contributed by atoms with Crippen molar-refractivity contribution in [1.82, 2.24) is 5.32 Å². The zero-order chi connectivity index (χ0) is 15.1. The normalized spacial score (nSPS) is 9.95. The fourth-order valence-electron chi connectivity index (χ4n) is 1.88. The molecule has 0 fully saturated rings. The second-order valence-electron chi connectivity index (χ2n) is 4.34. The van der Waals surface area contributed by atoms with E-state index in [-0.39, 0.29) is 19.2 Å². The van der Waals surface area contributed by atoms with E-state index in [0.29, 0.717) is 10.7 Å². The molecular formula is C16H16N2O2S. The third-order valence-electron chi connectivity index (χ3n) is 2.89. The van der Waals surface area contributed by atoms with Crippen molar-refractivity contribution in [1.29, 1.82) is 0 Å². The van der Waals surface area contributed by atoms with E-state index in [9.17, 15) is 4.79 Å². The van der Waals surface area contributed by atoms with E-state index >= 15 is 0 Å². The van der Waals surface area contributed by atoms with Crippen molar-refractivity contribution in [3.63, 3.8) is 0 Å². The summed E-state index contributed by atoms with van der Waals surface area (Å²) < 4.78 is 0. The molecule has 0 radical (unpaired) electrons. The van der Waals surface area contributed by atoms with Gasteiger partial charge in [-0.2, -0.15) is 0 Å². The first kappa shape index (κ1) is 15.2. The Hall–Kier alpha value is -2.24. The molecule has 2 aromatic carbocycles. The molecule has 0 atom stereocenters. The lowest BCUT2D eigenvalue weighted by Gasteiger charge is -2.22. The van der Waals surface area contributed by atoms with Crippen LogP contribution in [0.1, 0.15) is 5.56 Å². The van der Waals surface area contributed by atoms with Gasteiger partial charge >= 0.3 is 6.03 Å². The molecular weight excluding hydrogens is 284 g/mol. The third kappa shape index (κ3) is 4.11. The van der Waals surface area contributed by atoms with Crippen LogP contribution >= 0.6 is 12.2 Å². The van der Waals surface area contributed by atoms with Gasteiger partial charge in [0.25, 0.3) is 0 Å². The van der Waals surface area contributed by atoms with Crippen LogP contribution in [-0.4, -0.2) is 29.3 Å². The number of rotatable bonds is 4. The standard InChI is InChI=1S/C16H16N2O2S/c19-12-11-18(14-9-5-2-6-10-14)16(20)17-15(21)13-7-3-1-4-8-13/h1-10,19H,11-12H2,(H,17,20,21). The molecule has 0 aliphatic heterocycles. The quantitative estimate of drug-likeness (QED) is 0.853. The number of amides is 2. The Morgan fingerprint density at radius 1 is 1.05 bits per heavy atom. The number of para-hydroxylation sites is 1. The van der Waals surface area contributed by atoms with Crippen molar-refractivity contribution in [3.05, 3.63) is 66.2 Å². The van der Waals surface area contributed by atoms with Gasteiger partial charge in [-0.15, -0.1) is 0 Å². The number of anilines is 1. The maximum atomic E-state index is 12.3. The first-order valence-electron chi connectivity index (χ1n) is 6.56. The van der Waals surface area contributed by atoms with Crippen LogP contribution in [0.2, 0.25) is 0 Å². The highest BCUT2D eigenvalue weighted by atomic mass is 32.1. The first-order chi connectivity index (χ1) is 10.2. The monoisotopic (exact) mass is 300 g/mol. The maximum Gasteiger partial charge on any atom is 0.327 e. The Balaban J connectivity index is 2.11. The molecule has 4 nitrogen and oxygen atoms in total. The molecule has 0 unspecified atom stereocenters. The van der Waals surface area contributed by atoms with Crippen molar-refractivity contribution < 1.29 is 9.90 Å². The van der Waals surface area contributed by atoms with Gasteiger partial charge in [-0.05, 0) is 12.1 Å². The Bertz CT molecular complexity index is 602. The van der Waals surface area contributed by atoms with Gasteiger partial charge in [0.05, 0.1) is 13.2 Å². The Morgan fingerprint density at radius 2 is 1.62 bits per heavy atom. The van der Waals surface area contributed by atoms with E-state index in [0.717, 1.165) is 5.56 Å². The summed E-state index contributed by atoms with van der Waals surface area (Å²) in [5, 5.41) is 11.8. The summed E-state index contributed by atoms with van der Waals surface area (Å²) in [6.07, 6.45) is 0.